The lowest BCUT2D eigenvalue weighted by Crippen LogP contribution is -2.39. The predicted octanol–water partition coefficient (Wildman–Crippen LogP) is 4.76. The SMILES string of the molecule is CCNC(=NCc1ccccc1COCC)NCC(C)c1ccsc1.I. The standard InChI is InChI=1S/C20H29N3OS.HI/c1-4-21-20(22-12-16(3)19-10-11-25-15-19)23-13-17-8-6-7-9-18(17)14-24-5-2;/h6-11,15-16H,4-5,12-14H2,1-3H3,(H2,21,22,23);1H. The summed E-state index contributed by atoms with van der Waals surface area (Å²) in [6.45, 7) is 10.1. The number of benzene rings is 1. The molecule has 2 rings (SSSR count). The van der Waals surface area contributed by atoms with E-state index >= 15 is 0 Å². The lowest BCUT2D eigenvalue weighted by Gasteiger charge is -2.15. The van der Waals surface area contributed by atoms with Crippen LogP contribution in [0.3, 0.4) is 0 Å². The number of aliphatic imine (C=N–C) groups is 1. The van der Waals surface area contributed by atoms with Gasteiger partial charge in [0.1, 0.15) is 0 Å². The number of guanidine groups is 1. The second-order valence-corrected chi connectivity index (χ2v) is 6.72. The smallest absolute Gasteiger partial charge is 0.191 e. The molecule has 144 valence electrons. The topological polar surface area (TPSA) is 45.7 Å². The van der Waals surface area contributed by atoms with Crippen molar-refractivity contribution in [2.45, 2.75) is 39.8 Å². The number of nitrogens with one attached hydrogen (secondary N) is 2. The largest absolute Gasteiger partial charge is 0.377 e. The Hall–Kier alpha value is -1.12. The van der Waals surface area contributed by atoms with Gasteiger partial charge in [-0.1, -0.05) is 31.2 Å². The fraction of sp³-hybridized carbons (Fsp3) is 0.450. The van der Waals surface area contributed by atoms with Gasteiger partial charge >= 0.3 is 0 Å². The van der Waals surface area contributed by atoms with Gasteiger partial charge in [-0.25, -0.2) is 4.99 Å². The van der Waals surface area contributed by atoms with Crippen molar-refractivity contribution in [2.75, 3.05) is 19.7 Å². The van der Waals surface area contributed by atoms with Crippen molar-refractivity contribution in [3.05, 3.63) is 57.8 Å². The van der Waals surface area contributed by atoms with Crippen LogP contribution in [0.5, 0.6) is 0 Å². The Morgan fingerprint density at radius 3 is 2.58 bits per heavy atom. The van der Waals surface area contributed by atoms with Gasteiger partial charge < -0.3 is 15.4 Å². The molecule has 2 aromatic rings. The third-order valence-corrected chi connectivity index (χ3v) is 4.72. The molecule has 1 atom stereocenters. The van der Waals surface area contributed by atoms with Crippen LogP contribution in [-0.2, 0) is 17.9 Å². The third-order valence-electron chi connectivity index (χ3n) is 4.02. The number of halogens is 1. The van der Waals surface area contributed by atoms with Crippen molar-refractivity contribution >= 4 is 41.3 Å². The summed E-state index contributed by atoms with van der Waals surface area (Å²) in [7, 11) is 0. The van der Waals surface area contributed by atoms with Crippen molar-refractivity contribution in [3.8, 4) is 0 Å². The fourth-order valence-electron chi connectivity index (χ4n) is 2.49. The van der Waals surface area contributed by atoms with Crippen LogP contribution in [0.15, 0.2) is 46.1 Å². The van der Waals surface area contributed by atoms with Crippen molar-refractivity contribution in [1.82, 2.24) is 10.6 Å². The van der Waals surface area contributed by atoms with Crippen molar-refractivity contribution in [1.29, 1.82) is 0 Å². The predicted molar refractivity (Wildman–Crippen MR) is 123 cm³/mol. The molecule has 4 nitrogen and oxygen atoms in total. The summed E-state index contributed by atoms with van der Waals surface area (Å²) >= 11 is 1.74. The van der Waals surface area contributed by atoms with E-state index in [-0.39, 0.29) is 24.0 Å². The van der Waals surface area contributed by atoms with E-state index in [1.54, 1.807) is 11.3 Å². The minimum atomic E-state index is 0. The monoisotopic (exact) mass is 487 g/mol. The van der Waals surface area contributed by atoms with E-state index in [9.17, 15) is 0 Å². The number of ether oxygens (including phenoxy) is 1. The lowest BCUT2D eigenvalue weighted by molar-refractivity contribution is 0.133. The summed E-state index contributed by atoms with van der Waals surface area (Å²) < 4.78 is 5.56. The van der Waals surface area contributed by atoms with Crippen LogP contribution < -0.4 is 10.6 Å². The Morgan fingerprint density at radius 2 is 1.92 bits per heavy atom. The summed E-state index contributed by atoms with van der Waals surface area (Å²) in [6.07, 6.45) is 0. The second kappa shape index (κ2) is 13.1. The van der Waals surface area contributed by atoms with E-state index in [4.69, 9.17) is 9.73 Å². The van der Waals surface area contributed by atoms with E-state index < -0.39 is 0 Å². The zero-order valence-electron chi connectivity index (χ0n) is 15.8. The van der Waals surface area contributed by atoms with Crippen LogP contribution >= 0.6 is 35.3 Å². The number of nitrogens with zero attached hydrogens (tertiary/aromatic N) is 1. The van der Waals surface area contributed by atoms with Gasteiger partial charge in [0.15, 0.2) is 5.96 Å². The molecule has 6 heteroatoms. The molecule has 0 saturated carbocycles. The van der Waals surface area contributed by atoms with Crippen LogP contribution in [0.1, 0.15) is 43.4 Å². The highest BCUT2D eigenvalue weighted by atomic mass is 127. The Labute approximate surface area is 178 Å². The summed E-state index contributed by atoms with van der Waals surface area (Å²) in [5, 5.41) is 11.1. The Bertz CT molecular complexity index is 646. The fourth-order valence-corrected chi connectivity index (χ4v) is 3.28. The summed E-state index contributed by atoms with van der Waals surface area (Å²) in [4.78, 5) is 4.75. The van der Waals surface area contributed by atoms with Gasteiger partial charge in [0.2, 0.25) is 0 Å². The van der Waals surface area contributed by atoms with Crippen LogP contribution in [0.4, 0.5) is 0 Å². The van der Waals surface area contributed by atoms with Crippen LogP contribution in [-0.4, -0.2) is 25.7 Å². The molecule has 0 aliphatic heterocycles. The maximum absolute atomic E-state index is 5.56. The molecule has 26 heavy (non-hydrogen) atoms. The molecule has 1 heterocycles. The quantitative estimate of drug-likeness (QED) is 0.305. The van der Waals surface area contributed by atoms with Crippen LogP contribution in [0.25, 0.3) is 0 Å². The van der Waals surface area contributed by atoms with Gasteiger partial charge in [-0.05, 0) is 53.3 Å². The Morgan fingerprint density at radius 1 is 1.15 bits per heavy atom. The maximum Gasteiger partial charge on any atom is 0.191 e. The first-order valence-electron chi connectivity index (χ1n) is 8.93. The average Bonchev–Trinajstić information content (AvgIpc) is 3.17. The van der Waals surface area contributed by atoms with Crippen LogP contribution in [0, 0.1) is 0 Å². The zero-order valence-corrected chi connectivity index (χ0v) is 19.0. The highest BCUT2D eigenvalue weighted by molar-refractivity contribution is 14.0. The van der Waals surface area contributed by atoms with Gasteiger partial charge in [0, 0.05) is 19.7 Å². The molecule has 1 aromatic carbocycles. The highest BCUT2D eigenvalue weighted by Crippen LogP contribution is 2.17. The molecule has 0 amide bonds. The molecule has 0 aliphatic rings. The molecule has 0 bridgehead atoms. The molecule has 1 unspecified atom stereocenters. The minimum Gasteiger partial charge on any atom is -0.377 e. The van der Waals surface area contributed by atoms with Gasteiger partial charge in [-0.15, -0.1) is 24.0 Å². The molecule has 0 aliphatic carbocycles. The number of hydrogen-bond donors (Lipinski definition) is 2. The molecule has 1 aromatic heterocycles. The molecule has 0 fully saturated rings. The maximum atomic E-state index is 5.56. The van der Waals surface area contributed by atoms with Crippen molar-refractivity contribution in [2.24, 2.45) is 4.99 Å². The molecule has 0 radical (unpaired) electrons. The van der Waals surface area contributed by atoms with Crippen LogP contribution in [0.2, 0.25) is 0 Å². The minimum absolute atomic E-state index is 0. The van der Waals surface area contributed by atoms with Gasteiger partial charge in [-0.2, -0.15) is 11.3 Å². The average molecular weight is 487 g/mol. The first-order chi connectivity index (χ1) is 12.2. The van der Waals surface area contributed by atoms with E-state index in [1.165, 1.54) is 16.7 Å². The molecule has 2 N–H and O–H groups in total. The number of rotatable bonds is 9. The van der Waals surface area contributed by atoms with Gasteiger partial charge in [0.25, 0.3) is 0 Å². The number of thiophene rings is 1. The van der Waals surface area contributed by atoms with Crippen molar-refractivity contribution in [3.63, 3.8) is 0 Å². The second-order valence-electron chi connectivity index (χ2n) is 5.94. The first-order valence-corrected chi connectivity index (χ1v) is 9.87. The Balaban J connectivity index is 0.00000338. The normalized spacial score (nSPS) is 12.3. The molecular weight excluding hydrogens is 457 g/mol. The van der Waals surface area contributed by atoms with E-state index in [1.807, 2.05) is 13.0 Å². The molecule has 0 spiro atoms. The Kier molecular flexibility index (Phi) is 11.6. The summed E-state index contributed by atoms with van der Waals surface area (Å²) in [6, 6.07) is 10.5. The number of hydrogen-bond acceptors (Lipinski definition) is 3. The first kappa shape index (κ1) is 22.9. The zero-order chi connectivity index (χ0) is 17.9. The van der Waals surface area contributed by atoms with E-state index in [2.05, 4.69) is 59.5 Å². The lowest BCUT2D eigenvalue weighted by atomic mass is 10.1. The van der Waals surface area contributed by atoms with Gasteiger partial charge in [0.05, 0.1) is 13.2 Å². The summed E-state index contributed by atoms with van der Waals surface area (Å²) in [5.74, 6) is 1.32. The van der Waals surface area contributed by atoms with E-state index in [0.29, 0.717) is 19.1 Å². The van der Waals surface area contributed by atoms with Crippen molar-refractivity contribution < 1.29 is 4.74 Å². The molecular formula is C20H30IN3OS. The summed E-state index contributed by atoms with van der Waals surface area (Å²) in [5.41, 5.74) is 3.78. The third kappa shape index (κ3) is 7.63. The molecule has 0 saturated heterocycles. The van der Waals surface area contributed by atoms with E-state index in [0.717, 1.165) is 25.7 Å². The highest BCUT2D eigenvalue weighted by Gasteiger charge is 2.07. The van der Waals surface area contributed by atoms with Gasteiger partial charge in [-0.3, -0.25) is 0 Å².